The highest BCUT2D eigenvalue weighted by molar-refractivity contribution is 4.96. The molecule has 0 bridgehead atoms. The first-order valence-electron chi connectivity index (χ1n) is 5.59. The van der Waals surface area contributed by atoms with E-state index in [4.69, 9.17) is 9.47 Å². The van der Waals surface area contributed by atoms with Crippen LogP contribution in [0.4, 0.5) is 0 Å². The van der Waals surface area contributed by atoms with Crippen molar-refractivity contribution in [3.8, 4) is 0 Å². The Morgan fingerprint density at radius 1 is 1.36 bits per heavy atom. The van der Waals surface area contributed by atoms with Crippen LogP contribution in [-0.4, -0.2) is 38.5 Å². The zero-order valence-electron chi connectivity index (χ0n) is 9.75. The monoisotopic (exact) mass is 201 g/mol. The fourth-order valence-corrected chi connectivity index (χ4v) is 1.76. The summed E-state index contributed by atoms with van der Waals surface area (Å²) in [6.07, 6.45) is 1.63. The van der Waals surface area contributed by atoms with Crippen LogP contribution in [0.1, 0.15) is 27.2 Å². The van der Waals surface area contributed by atoms with Gasteiger partial charge in [0.2, 0.25) is 0 Å². The predicted octanol–water partition coefficient (Wildman–Crippen LogP) is 1.42. The van der Waals surface area contributed by atoms with Crippen molar-refractivity contribution in [2.45, 2.75) is 45.4 Å². The van der Waals surface area contributed by atoms with E-state index in [1.54, 1.807) is 0 Å². The second-order valence-electron chi connectivity index (χ2n) is 4.32. The first-order valence-corrected chi connectivity index (χ1v) is 5.59. The van der Waals surface area contributed by atoms with Gasteiger partial charge in [0.25, 0.3) is 0 Å². The number of nitrogens with one attached hydrogen (secondary N) is 1. The minimum atomic E-state index is 0.253. The van der Waals surface area contributed by atoms with Crippen molar-refractivity contribution in [1.82, 2.24) is 5.32 Å². The van der Waals surface area contributed by atoms with Crippen molar-refractivity contribution in [2.24, 2.45) is 5.92 Å². The van der Waals surface area contributed by atoms with Gasteiger partial charge in [-0.25, -0.2) is 0 Å². The Morgan fingerprint density at radius 3 is 2.57 bits per heavy atom. The molecule has 0 aromatic rings. The number of rotatable bonds is 6. The molecular weight excluding hydrogens is 178 g/mol. The third-order valence-electron chi connectivity index (χ3n) is 2.62. The largest absolute Gasteiger partial charge is 0.375 e. The molecular formula is C11H23NO2. The Balaban J connectivity index is 2.25. The minimum absolute atomic E-state index is 0.253. The second kappa shape index (κ2) is 5.69. The summed E-state index contributed by atoms with van der Waals surface area (Å²) in [4.78, 5) is 0. The van der Waals surface area contributed by atoms with Crippen LogP contribution >= 0.6 is 0 Å². The van der Waals surface area contributed by atoms with Crippen LogP contribution in [0, 0.1) is 5.92 Å². The van der Waals surface area contributed by atoms with Gasteiger partial charge in [0, 0.05) is 19.3 Å². The second-order valence-corrected chi connectivity index (χ2v) is 4.32. The van der Waals surface area contributed by atoms with Crippen LogP contribution in [0.3, 0.4) is 0 Å². The molecule has 84 valence electrons. The molecule has 1 aliphatic rings. The molecule has 1 aliphatic carbocycles. The lowest BCUT2D eigenvalue weighted by Crippen LogP contribution is -2.59. The average Bonchev–Trinajstić information content (AvgIpc) is 2.12. The smallest absolute Gasteiger partial charge is 0.0990 e. The molecule has 1 N–H and O–H groups in total. The van der Waals surface area contributed by atoms with E-state index in [1.807, 2.05) is 14.0 Å². The first-order chi connectivity index (χ1) is 6.69. The number of hydrogen-bond acceptors (Lipinski definition) is 3. The van der Waals surface area contributed by atoms with Crippen LogP contribution in [-0.2, 0) is 9.47 Å². The van der Waals surface area contributed by atoms with E-state index in [0.29, 0.717) is 18.1 Å². The minimum Gasteiger partial charge on any atom is -0.375 e. The van der Waals surface area contributed by atoms with E-state index < -0.39 is 0 Å². The highest BCUT2D eigenvalue weighted by atomic mass is 16.5. The van der Waals surface area contributed by atoms with Gasteiger partial charge in [-0.15, -0.1) is 0 Å². The van der Waals surface area contributed by atoms with Gasteiger partial charge in [0.05, 0.1) is 12.2 Å². The third kappa shape index (κ3) is 2.94. The van der Waals surface area contributed by atoms with E-state index in [0.717, 1.165) is 19.6 Å². The lowest BCUT2D eigenvalue weighted by Gasteiger charge is -2.43. The summed E-state index contributed by atoms with van der Waals surface area (Å²) in [7, 11) is 1.98. The normalized spacial score (nSPS) is 31.9. The molecule has 0 amide bonds. The van der Waals surface area contributed by atoms with E-state index in [9.17, 15) is 0 Å². The van der Waals surface area contributed by atoms with Crippen LogP contribution in [0.5, 0.6) is 0 Å². The van der Waals surface area contributed by atoms with E-state index >= 15 is 0 Å². The zero-order chi connectivity index (χ0) is 10.6. The summed E-state index contributed by atoms with van der Waals surface area (Å²) in [6, 6.07) is 0.479. The first kappa shape index (κ1) is 12.0. The molecule has 14 heavy (non-hydrogen) atoms. The molecule has 3 atom stereocenters. The maximum atomic E-state index is 5.77. The molecule has 0 spiro atoms. The lowest BCUT2D eigenvalue weighted by atomic mass is 9.85. The fraction of sp³-hybridized carbons (Fsp3) is 1.00. The van der Waals surface area contributed by atoms with Crippen molar-refractivity contribution in [3.05, 3.63) is 0 Å². The van der Waals surface area contributed by atoms with Crippen molar-refractivity contribution >= 4 is 0 Å². The summed E-state index contributed by atoms with van der Waals surface area (Å²) in [5.41, 5.74) is 0. The standard InChI is InChI=1S/C11H23NO2/c1-5-13-11-9(12-4)6-10(11)14-7-8(2)3/h8-12H,5-7H2,1-4H3. The molecule has 0 saturated heterocycles. The van der Waals surface area contributed by atoms with Crippen molar-refractivity contribution in [1.29, 1.82) is 0 Å². The van der Waals surface area contributed by atoms with E-state index in [-0.39, 0.29) is 6.10 Å². The quantitative estimate of drug-likeness (QED) is 0.705. The van der Waals surface area contributed by atoms with Gasteiger partial charge in [0.1, 0.15) is 0 Å². The predicted molar refractivity (Wildman–Crippen MR) is 57.5 cm³/mol. The van der Waals surface area contributed by atoms with E-state index in [2.05, 4.69) is 19.2 Å². The van der Waals surface area contributed by atoms with Gasteiger partial charge in [-0.2, -0.15) is 0 Å². The van der Waals surface area contributed by atoms with Gasteiger partial charge in [-0.1, -0.05) is 13.8 Å². The van der Waals surface area contributed by atoms with Crippen LogP contribution in [0.15, 0.2) is 0 Å². The molecule has 0 heterocycles. The van der Waals surface area contributed by atoms with E-state index in [1.165, 1.54) is 0 Å². The third-order valence-corrected chi connectivity index (χ3v) is 2.62. The maximum Gasteiger partial charge on any atom is 0.0990 e. The van der Waals surface area contributed by atoms with Gasteiger partial charge < -0.3 is 14.8 Å². The van der Waals surface area contributed by atoms with Crippen LogP contribution in [0.25, 0.3) is 0 Å². The maximum absolute atomic E-state index is 5.77. The van der Waals surface area contributed by atoms with Crippen LogP contribution < -0.4 is 5.32 Å². The van der Waals surface area contributed by atoms with Crippen molar-refractivity contribution in [3.63, 3.8) is 0 Å². The molecule has 1 rings (SSSR count). The molecule has 3 unspecified atom stereocenters. The molecule has 0 radical (unpaired) electrons. The summed E-state index contributed by atoms with van der Waals surface area (Å²) in [5.74, 6) is 0.603. The Bertz CT molecular complexity index is 161. The molecule has 3 heteroatoms. The highest BCUT2D eigenvalue weighted by Gasteiger charge is 2.41. The summed E-state index contributed by atoms with van der Waals surface area (Å²) in [6.45, 7) is 7.98. The Kier molecular flexibility index (Phi) is 4.85. The Morgan fingerprint density at radius 2 is 2.07 bits per heavy atom. The van der Waals surface area contributed by atoms with Gasteiger partial charge in [0.15, 0.2) is 0 Å². The molecule has 1 fully saturated rings. The molecule has 0 aliphatic heterocycles. The number of likely N-dealkylation sites (N-methyl/N-ethyl adjacent to an activating group) is 1. The summed E-state index contributed by atoms with van der Waals surface area (Å²) in [5, 5.41) is 3.25. The Labute approximate surface area is 87.2 Å². The highest BCUT2D eigenvalue weighted by Crippen LogP contribution is 2.27. The molecule has 0 aromatic carbocycles. The van der Waals surface area contributed by atoms with Crippen LogP contribution in [0.2, 0.25) is 0 Å². The molecule has 0 aromatic heterocycles. The van der Waals surface area contributed by atoms with Gasteiger partial charge in [-0.3, -0.25) is 0 Å². The zero-order valence-corrected chi connectivity index (χ0v) is 9.75. The molecule has 1 saturated carbocycles. The van der Waals surface area contributed by atoms with Gasteiger partial charge in [-0.05, 0) is 26.3 Å². The lowest BCUT2D eigenvalue weighted by molar-refractivity contribution is -0.147. The Hall–Kier alpha value is -0.120. The summed E-state index contributed by atoms with van der Waals surface area (Å²) < 4.78 is 11.4. The average molecular weight is 201 g/mol. The topological polar surface area (TPSA) is 30.5 Å². The van der Waals surface area contributed by atoms with Gasteiger partial charge >= 0.3 is 0 Å². The molecule has 3 nitrogen and oxygen atoms in total. The van der Waals surface area contributed by atoms with Crippen molar-refractivity contribution < 1.29 is 9.47 Å². The van der Waals surface area contributed by atoms with Crippen molar-refractivity contribution in [2.75, 3.05) is 20.3 Å². The number of ether oxygens (including phenoxy) is 2. The summed E-state index contributed by atoms with van der Waals surface area (Å²) >= 11 is 0. The fourth-order valence-electron chi connectivity index (χ4n) is 1.76. The number of hydrogen-bond donors (Lipinski definition) is 1. The SMILES string of the molecule is CCOC1C(NC)CC1OCC(C)C.